The fourth-order valence-electron chi connectivity index (χ4n) is 3.14. The number of rotatable bonds is 5. The van der Waals surface area contributed by atoms with E-state index in [0.717, 1.165) is 19.1 Å². The maximum Gasteiger partial charge on any atom is 0.0588 e. The average Bonchev–Trinajstić information content (AvgIpc) is 2.83. The lowest BCUT2D eigenvalue weighted by molar-refractivity contribution is 0.102. The standard InChI is InChI=1S/C14H27NO/c1-12(13-6-3-2-4-7-13)15-10-9-14-8-5-11-16-14/h12-15H,2-11H2,1H3. The zero-order chi connectivity index (χ0) is 11.2. The Morgan fingerprint density at radius 1 is 1.12 bits per heavy atom. The van der Waals surface area contributed by atoms with Crippen LogP contribution in [0.25, 0.3) is 0 Å². The fourth-order valence-corrected chi connectivity index (χ4v) is 3.14. The maximum absolute atomic E-state index is 5.64. The summed E-state index contributed by atoms with van der Waals surface area (Å²) in [6.07, 6.45) is 11.5. The molecule has 1 heterocycles. The van der Waals surface area contributed by atoms with Crippen LogP contribution >= 0.6 is 0 Å². The van der Waals surface area contributed by atoms with Crippen LogP contribution < -0.4 is 5.32 Å². The van der Waals surface area contributed by atoms with Gasteiger partial charge in [0, 0.05) is 12.6 Å². The summed E-state index contributed by atoms with van der Waals surface area (Å²) < 4.78 is 5.64. The van der Waals surface area contributed by atoms with Crippen LogP contribution in [-0.2, 0) is 4.74 Å². The van der Waals surface area contributed by atoms with Gasteiger partial charge in [-0.05, 0) is 51.5 Å². The quantitative estimate of drug-likeness (QED) is 0.776. The summed E-state index contributed by atoms with van der Waals surface area (Å²) in [5.41, 5.74) is 0. The van der Waals surface area contributed by atoms with Gasteiger partial charge < -0.3 is 10.1 Å². The SMILES string of the molecule is CC(NCCC1CCCO1)C1CCCCC1. The van der Waals surface area contributed by atoms with Crippen LogP contribution in [-0.4, -0.2) is 25.3 Å². The van der Waals surface area contributed by atoms with Crippen molar-refractivity contribution in [1.29, 1.82) is 0 Å². The molecule has 0 bridgehead atoms. The third kappa shape index (κ3) is 3.74. The molecule has 0 aromatic rings. The van der Waals surface area contributed by atoms with E-state index in [2.05, 4.69) is 12.2 Å². The van der Waals surface area contributed by atoms with Gasteiger partial charge >= 0.3 is 0 Å². The zero-order valence-corrected chi connectivity index (χ0v) is 10.7. The smallest absolute Gasteiger partial charge is 0.0588 e. The van der Waals surface area contributed by atoms with Crippen molar-refractivity contribution in [3.8, 4) is 0 Å². The number of ether oxygens (including phenoxy) is 1. The normalized spacial score (nSPS) is 29.4. The van der Waals surface area contributed by atoms with E-state index in [4.69, 9.17) is 4.74 Å². The van der Waals surface area contributed by atoms with Crippen LogP contribution in [0.3, 0.4) is 0 Å². The van der Waals surface area contributed by atoms with Gasteiger partial charge in [-0.15, -0.1) is 0 Å². The first-order valence-corrected chi connectivity index (χ1v) is 7.21. The number of hydrogen-bond donors (Lipinski definition) is 1. The predicted octanol–water partition coefficient (Wildman–Crippen LogP) is 3.11. The van der Waals surface area contributed by atoms with Gasteiger partial charge in [-0.2, -0.15) is 0 Å². The van der Waals surface area contributed by atoms with Gasteiger partial charge in [0.25, 0.3) is 0 Å². The minimum Gasteiger partial charge on any atom is -0.378 e. The summed E-state index contributed by atoms with van der Waals surface area (Å²) in [4.78, 5) is 0. The summed E-state index contributed by atoms with van der Waals surface area (Å²) in [6, 6.07) is 0.710. The molecule has 1 saturated carbocycles. The van der Waals surface area contributed by atoms with Crippen molar-refractivity contribution in [1.82, 2.24) is 5.32 Å². The van der Waals surface area contributed by atoms with Gasteiger partial charge in [0.1, 0.15) is 0 Å². The monoisotopic (exact) mass is 225 g/mol. The minimum absolute atomic E-state index is 0.547. The second-order valence-electron chi connectivity index (χ2n) is 5.56. The molecule has 1 N–H and O–H groups in total. The van der Waals surface area contributed by atoms with Gasteiger partial charge in [0.05, 0.1) is 6.10 Å². The molecule has 2 nitrogen and oxygen atoms in total. The van der Waals surface area contributed by atoms with Gasteiger partial charge in [-0.1, -0.05) is 19.3 Å². The largest absolute Gasteiger partial charge is 0.378 e. The Bertz CT molecular complexity index is 183. The Kier molecular flexibility index (Phi) is 5.11. The van der Waals surface area contributed by atoms with Crippen molar-refractivity contribution in [2.75, 3.05) is 13.2 Å². The number of hydrogen-bond acceptors (Lipinski definition) is 2. The van der Waals surface area contributed by atoms with E-state index in [1.807, 2.05) is 0 Å². The summed E-state index contributed by atoms with van der Waals surface area (Å²) in [6.45, 7) is 4.50. The van der Waals surface area contributed by atoms with E-state index in [9.17, 15) is 0 Å². The molecule has 0 aromatic carbocycles. The molecule has 0 aromatic heterocycles. The first-order valence-electron chi connectivity index (χ1n) is 7.21. The molecule has 16 heavy (non-hydrogen) atoms. The summed E-state index contributed by atoms with van der Waals surface area (Å²) >= 11 is 0. The summed E-state index contributed by atoms with van der Waals surface area (Å²) in [5.74, 6) is 0.929. The van der Waals surface area contributed by atoms with Crippen molar-refractivity contribution >= 4 is 0 Å². The van der Waals surface area contributed by atoms with E-state index in [1.54, 1.807) is 0 Å². The van der Waals surface area contributed by atoms with E-state index >= 15 is 0 Å². The third-order valence-electron chi connectivity index (χ3n) is 4.31. The van der Waals surface area contributed by atoms with Gasteiger partial charge in [-0.3, -0.25) is 0 Å². The molecule has 1 aliphatic carbocycles. The van der Waals surface area contributed by atoms with Gasteiger partial charge in [0.2, 0.25) is 0 Å². The molecule has 0 amide bonds. The molecule has 2 heteroatoms. The Morgan fingerprint density at radius 2 is 1.94 bits per heavy atom. The van der Waals surface area contributed by atoms with Crippen LogP contribution in [0.15, 0.2) is 0 Å². The van der Waals surface area contributed by atoms with Crippen LogP contribution in [0.1, 0.15) is 58.3 Å². The van der Waals surface area contributed by atoms with Crippen molar-refractivity contribution in [2.24, 2.45) is 5.92 Å². The van der Waals surface area contributed by atoms with Crippen LogP contribution in [0.5, 0.6) is 0 Å². The maximum atomic E-state index is 5.64. The first-order chi connectivity index (χ1) is 7.86. The molecule has 2 aliphatic rings. The Labute approximate surface area is 100 Å². The van der Waals surface area contributed by atoms with Crippen molar-refractivity contribution in [3.63, 3.8) is 0 Å². The predicted molar refractivity (Wildman–Crippen MR) is 67.6 cm³/mol. The van der Waals surface area contributed by atoms with Gasteiger partial charge in [0.15, 0.2) is 0 Å². The second kappa shape index (κ2) is 6.61. The van der Waals surface area contributed by atoms with Crippen LogP contribution in [0, 0.1) is 5.92 Å². The van der Waals surface area contributed by atoms with Gasteiger partial charge in [-0.25, -0.2) is 0 Å². The molecule has 2 unspecified atom stereocenters. The molecule has 2 atom stereocenters. The molecular weight excluding hydrogens is 198 g/mol. The van der Waals surface area contributed by atoms with E-state index in [1.165, 1.54) is 51.4 Å². The highest BCUT2D eigenvalue weighted by Crippen LogP contribution is 2.26. The summed E-state index contributed by atoms with van der Waals surface area (Å²) in [5, 5.41) is 3.70. The van der Waals surface area contributed by atoms with E-state index in [-0.39, 0.29) is 0 Å². The Morgan fingerprint density at radius 3 is 2.62 bits per heavy atom. The Hall–Kier alpha value is -0.0800. The zero-order valence-electron chi connectivity index (χ0n) is 10.7. The van der Waals surface area contributed by atoms with E-state index in [0.29, 0.717) is 12.1 Å². The van der Waals surface area contributed by atoms with Crippen LogP contribution in [0.2, 0.25) is 0 Å². The molecular formula is C14H27NO. The molecule has 0 radical (unpaired) electrons. The van der Waals surface area contributed by atoms with Crippen molar-refractivity contribution in [3.05, 3.63) is 0 Å². The number of nitrogens with one attached hydrogen (secondary N) is 1. The third-order valence-corrected chi connectivity index (χ3v) is 4.31. The van der Waals surface area contributed by atoms with Crippen LogP contribution in [0.4, 0.5) is 0 Å². The van der Waals surface area contributed by atoms with E-state index < -0.39 is 0 Å². The molecule has 0 spiro atoms. The van der Waals surface area contributed by atoms with Crippen molar-refractivity contribution < 1.29 is 4.74 Å². The highest BCUT2D eigenvalue weighted by Gasteiger charge is 2.20. The lowest BCUT2D eigenvalue weighted by Gasteiger charge is -2.28. The van der Waals surface area contributed by atoms with Crippen molar-refractivity contribution in [2.45, 2.75) is 70.4 Å². The minimum atomic E-state index is 0.547. The second-order valence-corrected chi connectivity index (χ2v) is 5.56. The highest BCUT2D eigenvalue weighted by molar-refractivity contribution is 4.76. The fraction of sp³-hybridized carbons (Fsp3) is 1.00. The molecule has 2 fully saturated rings. The topological polar surface area (TPSA) is 21.3 Å². The Balaban J connectivity index is 1.57. The lowest BCUT2D eigenvalue weighted by atomic mass is 9.84. The highest BCUT2D eigenvalue weighted by atomic mass is 16.5. The molecule has 94 valence electrons. The average molecular weight is 225 g/mol. The molecule has 2 rings (SSSR count). The molecule has 1 aliphatic heterocycles. The molecule has 1 saturated heterocycles. The first kappa shape index (κ1) is 12.4. The lowest BCUT2D eigenvalue weighted by Crippen LogP contribution is -2.36. The summed E-state index contributed by atoms with van der Waals surface area (Å²) in [7, 11) is 0.